The lowest BCUT2D eigenvalue weighted by Gasteiger charge is -2.09. The van der Waals surface area contributed by atoms with Gasteiger partial charge in [0.15, 0.2) is 0 Å². The van der Waals surface area contributed by atoms with Crippen molar-refractivity contribution in [1.82, 2.24) is 5.32 Å². The number of thiocarbonyl (C=S) groups is 1. The molecule has 18 heavy (non-hydrogen) atoms. The number of hydrogen-bond donors (Lipinski definition) is 1. The van der Waals surface area contributed by atoms with Crippen molar-refractivity contribution in [2.24, 2.45) is 0 Å². The lowest BCUT2D eigenvalue weighted by atomic mass is 10.0. The number of nitrogens with one attached hydrogen (secondary N) is 1. The first-order valence-electron chi connectivity index (χ1n) is 5.68. The second-order valence-electron chi connectivity index (χ2n) is 3.70. The Morgan fingerprint density at radius 3 is 2.72 bits per heavy atom. The second kappa shape index (κ2) is 5.60. The number of fused-ring (bicyclic) bond motifs is 1. The molecule has 0 atom stereocenters. The van der Waals surface area contributed by atoms with E-state index in [1.807, 2.05) is 42.5 Å². The number of carbonyl (C=O) groups is 1. The van der Waals surface area contributed by atoms with Crippen molar-refractivity contribution in [3.8, 4) is 0 Å². The summed E-state index contributed by atoms with van der Waals surface area (Å²) < 4.78 is 4.81. The molecule has 4 heteroatoms. The highest BCUT2D eigenvalue weighted by atomic mass is 32.1. The summed E-state index contributed by atoms with van der Waals surface area (Å²) in [5.74, 6) is 0. The van der Waals surface area contributed by atoms with Crippen molar-refractivity contribution in [3.63, 3.8) is 0 Å². The highest BCUT2D eigenvalue weighted by Crippen LogP contribution is 2.18. The molecule has 0 heterocycles. The monoisotopic (exact) mass is 259 g/mol. The van der Waals surface area contributed by atoms with Crippen LogP contribution >= 0.6 is 12.2 Å². The zero-order valence-corrected chi connectivity index (χ0v) is 10.8. The summed E-state index contributed by atoms with van der Waals surface area (Å²) in [6.45, 7) is 2.07. The van der Waals surface area contributed by atoms with Crippen LogP contribution in [0.3, 0.4) is 0 Å². The SMILES string of the molecule is CCOC(=O)NC(=S)c1cccc2ccccc12. The Kier molecular flexibility index (Phi) is 3.89. The van der Waals surface area contributed by atoms with Gasteiger partial charge in [-0.2, -0.15) is 0 Å². The van der Waals surface area contributed by atoms with Gasteiger partial charge in [0.05, 0.1) is 6.61 Å². The van der Waals surface area contributed by atoms with E-state index in [2.05, 4.69) is 5.32 Å². The average Bonchev–Trinajstić information content (AvgIpc) is 2.38. The smallest absolute Gasteiger partial charge is 0.412 e. The van der Waals surface area contributed by atoms with E-state index in [1.165, 1.54) is 0 Å². The number of alkyl carbamates (subject to hydrolysis) is 1. The molecule has 3 nitrogen and oxygen atoms in total. The predicted octanol–water partition coefficient (Wildman–Crippen LogP) is 3.26. The summed E-state index contributed by atoms with van der Waals surface area (Å²) in [7, 11) is 0. The quantitative estimate of drug-likeness (QED) is 0.841. The van der Waals surface area contributed by atoms with E-state index in [1.54, 1.807) is 6.92 Å². The lowest BCUT2D eigenvalue weighted by Crippen LogP contribution is -2.30. The van der Waals surface area contributed by atoms with Gasteiger partial charge in [0.2, 0.25) is 0 Å². The van der Waals surface area contributed by atoms with Crippen LogP contribution < -0.4 is 5.32 Å². The van der Waals surface area contributed by atoms with Gasteiger partial charge in [-0.05, 0) is 17.7 Å². The minimum atomic E-state index is -0.518. The van der Waals surface area contributed by atoms with Crippen molar-refractivity contribution >= 4 is 34.1 Å². The molecular formula is C14H13NO2S. The van der Waals surface area contributed by atoms with Gasteiger partial charge in [-0.1, -0.05) is 54.7 Å². The van der Waals surface area contributed by atoms with Crippen molar-refractivity contribution in [3.05, 3.63) is 48.0 Å². The molecule has 0 saturated heterocycles. The standard InChI is InChI=1S/C14H13NO2S/c1-2-17-14(16)15-13(18)12-9-5-7-10-6-3-4-8-11(10)12/h3-9H,2H2,1H3,(H,15,16,18). The largest absolute Gasteiger partial charge is 0.450 e. The fourth-order valence-corrected chi connectivity index (χ4v) is 2.01. The van der Waals surface area contributed by atoms with Crippen LogP contribution in [0.4, 0.5) is 4.79 Å². The predicted molar refractivity (Wildman–Crippen MR) is 75.8 cm³/mol. The number of rotatable bonds is 2. The van der Waals surface area contributed by atoms with Crippen LogP contribution in [0.2, 0.25) is 0 Å². The lowest BCUT2D eigenvalue weighted by molar-refractivity contribution is 0.158. The van der Waals surface area contributed by atoms with Gasteiger partial charge in [-0.25, -0.2) is 4.79 Å². The van der Waals surface area contributed by atoms with E-state index in [0.29, 0.717) is 11.6 Å². The van der Waals surface area contributed by atoms with Crippen LogP contribution in [0.15, 0.2) is 42.5 Å². The van der Waals surface area contributed by atoms with Crippen LogP contribution in [-0.4, -0.2) is 17.7 Å². The third kappa shape index (κ3) is 2.65. The highest BCUT2D eigenvalue weighted by Gasteiger charge is 2.09. The number of carbonyl (C=O) groups excluding carboxylic acids is 1. The molecule has 0 aromatic heterocycles. The maximum atomic E-state index is 11.3. The average molecular weight is 259 g/mol. The van der Waals surface area contributed by atoms with Crippen molar-refractivity contribution in [2.45, 2.75) is 6.92 Å². The van der Waals surface area contributed by atoms with E-state index in [-0.39, 0.29) is 0 Å². The number of benzene rings is 2. The van der Waals surface area contributed by atoms with Crippen molar-refractivity contribution in [1.29, 1.82) is 0 Å². The maximum Gasteiger partial charge on any atom is 0.412 e. The molecule has 0 aliphatic rings. The molecule has 2 aromatic carbocycles. The molecule has 0 bridgehead atoms. The highest BCUT2D eigenvalue weighted by molar-refractivity contribution is 7.80. The summed E-state index contributed by atoms with van der Waals surface area (Å²) in [6, 6.07) is 13.7. The van der Waals surface area contributed by atoms with Crippen molar-refractivity contribution < 1.29 is 9.53 Å². The van der Waals surface area contributed by atoms with E-state index in [9.17, 15) is 4.79 Å². The minimum absolute atomic E-state index is 0.323. The Labute approximate surface area is 111 Å². The second-order valence-corrected chi connectivity index (χ2v) is 4.11. The molecule has 1 amide bonds. The molecule has 0 aliphatic heterocycles. The summed E-state index contributed by atoms with van der Waals surface area (Å²) in [4.78, 5) is 11.7. The summed E-state index contributed by atoms with van der Waals surface area (Å²) in [5, 5.41) is 4.66. The number of hydrogen-bond acceptors (Lipinski definition) is 3. The van der Waals surface area contributed by atoms with Gasteiger partial charge >= 0.3 is 6.09 Å². The third-order valence-electron chi connectivity index (χ3n) is 2.53. The molecule has 0 unspecified atom stereocenters. The number of amides is 1. The van der Waals surface area contributed by atoms with Gasteiger partial charge in [0.1, 0.15) is 4.99 Å². The topological polar surface area (TPSA) is 38.3 Å². The normalized spacial score (nSPS) is 10.1. The van der Waals surface area contributed by atoms with Crippen LogP contribution in [0.1, 0.15) is 12.5 Å². The molecule has 0 saturated carbocycles. The number of ether oxygens (including phenoxy) is 1. The Morgan fingerprint density at radius 2 is 1.94 bits per heavy atom. The Balaban J connectivity index is 2.30. The first-order valence-corrected chi connectivity index (χ1v) is 6.09. The first kappa shape index (κ1) is 12.5. The first-order chi connectivity index (χ1) is 8.72. The van der Waals surface area contributed by atoms with E-state index >= 15 is 0 Å². The van der Waals surface area contributed by atoms with Crippen LogP contribution in [0.25, 0.3) is 10.8 Å². The molecule has 1 N–H and O–H groups in total. The zero-order valence-electron chi connectivity index (χ0n) is 9.97. The van der Waals surface area contributed by atoms with Gasteiger partial charge in [0, 0.05) is 5.56 Å². The molecule has 2 aromatic rings. The Morgan fingerprint density at radius 1 is 1.22 bits per heavy atom. The molecule has 0 fully saturated rings. The molecular weight excluding hydrogens is 246 g/mol. The molecule has 0 aliphatic carbocycles. The molecule has 0 radical (unpaired) electrons. The summed E-state index contributed by atoms with van der Waals surface area (Å²) in [5.41, 5.74) is 0.830. The summed E-state index contributed by atoms with van der Waals surface area (Å²) in [6.07, 6.45) is -0.518. The molecule has 92 valence electrons. The van der Waals surface area contributed by atoms with Crippen LogP contribution in [0.5, 0.6) is 0 Å². The minimum Gasteiger partial charge on any atom is -0.450 e. The molecule has 0 spiro atoms. The van der Waals surface area contributed by atoms with Gasteiger partial charge < -0.3 is 4.74 Å². The van der Waals surface area contributed by atoms with Crippen LogP contribution in [0, 0.1) is 0 Å². The van der Waals surface area contributed by atoms with Gasteiger partial charge in [-0.15, -0.1) is 0 Å². The molecule has 2 rings (SSSR count). The van der Waals surface area contributed by atoms with E-state index in [4.69, 9.17) is 17.0 Å². The zero-order chi connectivity index (χ0) is 13.0. The Bertz CT molecular complexity index is 590. The van der Waals surface area contributed by atoms with E-state index in [0.717, 1.165) is 16.3 Å². The van der Waals surface area contributed by atoms with Gasteiger partial charge in [0.25, 0.3) is 0 Å². The fourth-order valence-electron chi connectivity index (χ4n) is 1.75. The fraction of sp³-hybridized carbons (Fsp3) is 0.143. The Hall–Kier alpha value is -1.94. The van der Waals surface area contributed by atoms with E-state index < -0.39 is 6.09 Å². The maximum absolute atomic E-state index is 11.3. The third-order valence-corrected chi connectivity index (χ3v) is 2.85. The van der Waals surface area contributed by atoms with Crippen LogP contribution in [-0.2, 0) is 4.74 Å². The summed E-state index contributed by atoms with van der Waals surface area (Å²) >= 11 is 5.23. The van der Waals surface area contributed by atoms with Crippen molar-refractivity contribution in [2.75, 3.05) is 6.61 Å². The van der Waals surface area contributed by atoms with Gasteiger partial charge in [-0.3, -0.25) is 5.32 Å².